The molecule has 7 heteroatoms. The van der Waals surface area contributed by atoms with Crippen LogP contribution in [0.1, 0.15) is 10.5 Å². The Morgan fingerprint density at radius 3 is 2.47 bits per heavy atom. The topological polar surface area (TPSA) is 73.7 Å². The first kappa shape index (κ1) is 15.0. The molecular formula is C12H16FN3O3. The van der Waals surface area contributed by atoms with Crippen LogP contribution in [0.2, 0.25) is 0 Å². The van der Waals surface area contributed by atoms with E-state index in [-0.39, 0.29) is 12.2 Å². The minimum atomic E-state index is -1.10. The predicted molar refractivity (Wildman–Crippen MR) is 66.3 cm³/mol. The molecule has 0 aliphatic rings. The van der Waals surface area contributed by atoms with E-state index in [2.05, 4.69) is 4.98 Å². The Balaban J connectivity index is 2.80. The highest BCUT2D eigenvalue weighted by molar-refractivity contribution is 5.94. The molecule has 0 aliphatic carbocycles. The normalized spacial score (nSPS) is 10.5. The molecular weight excluding hydrogens is 253 g/mol. The van der Waals surface area contributed by atoms with Gasteiger partial charge >= 0.3 is 5.97 Å². The summed E-state index contributed by atoms with van der Waals surface area (Å²) in [7, 11) is 3.64. The highest BCUT2D eigenvalue weighted by Crippen LogP contribution is 2.03. The van der Waals surface area contributed by atoms with Crippen molar-refractivity contribution in [3.63, 3.8) is 0 Å². The molecule has 1 aromatic heterocycles. The Morgan fingerprint density at radius 1 is 1.32 bits per heavy atom. The summed E-state index contributed by atoms with van der Waals surface area (Å²) in [4.78, 5) is 29.5. The second-order valence-electron chi connectivity index (χ2n) is 4.29. The van der Waals surface area contributed by atoms with E-state index in [4.69, 9.17) is 5.11 Å². The van der Waals surface area contributed by atoms with Crippen LogP contribution in [0.3, 0.4) is 0 Å². The number of hydrogen-bond acceptors (Lipinski definition) is 4. The van der Waals surface area contributed by atoms with Gasteiger partial charge in [-0.05, 0) is 26.2 Å². The summed E-state index contributed by atoms with van der Waals surface area (Å²) in [5.41, 5.74) is 0.0291. The van der Waals surface area contributed by atoms with Crippen LogP contribution in [0, 0.1) is 5.82 Å². The van der Waals surface area contributed by atoms with E-state index in [1.54, 1.807) is 0 Å². The third kappa shape index (κ3) is 5.01. The first-order valence-electron chi connectivity index (χ1n) is 5.67. The third-order valence-corrected chi connectivity index (χ3v) is 2.38. The maximum atomic E-state index is 12.7. The molecule has 0 aliphatic heterocycles. The van der Waals surface area contributed by atoms with Gasteiger partial charge in [0.1, 0.15) is 18.1 Å². The Kier molecular flexibility index (Phi) is 5.37. The number of nitrogens with zero attached hydrogens (tertiary/aromatic N) is 3. The van der Waals surface area contributed by atoms with Gasteiger partial charge in [0.05, 0.1) is 6.20 Å². The molecule has 104 valence electrons. The lowest BCUT2D eigenvalue weighted by Crippen LogP contribution is -2.40. The molecule has 1 N–H and O–H groups in total. The number of rotatable bonds is 6. The van der Waals surface area contributed by atoms with Gasteiger partial charge in [-0.15, -0.1) is 0 Å². The molecule has 0 radical (unpaired) electrons. The van der Waals surface area contributed by atoms with Crippen molar-refractivity contribution in [2.75, 3.05) is 33.7 Å². The van der Waals surface area contributed by atoms with Gasteiger partial charge in [-0.3, -0.25) is 9.59 Å². The summed E-state index contributed by atoms with van der Waals surface area (Å²) in [6.45, 7) is 0.378. The zero-order valence-corrected chi connectivity index (χ0v) is 10.8. The van der Waals surface area contributed by atoms with Crippen molar-refractivity contribution in [1.29, 1.82) is 0 Å². The minimum absolute atomic E-state index is 0.0291. The average molecular weight is 269 g/mol. The summed E-state index contributed by atoms with van der Waals surface area (Å²) in [6.07, 6.45) is 0.929. The van der Waals surface area contributed by atoms with Gasteiger partial charge in [0.25, 0.3) is 5.91 Å². The van der Waals surface area contributed by atoms with Gasteiger partial charge < -0.3 is 14.9 Å². The zero-order valence-electron chi connectivity index (χ0n) is 10.8. The average Bonchev–Trinajstić information content (AvgIpc) is 2.34. The van der Waals surface area contributed by atoms with Crippen molar-refractivity contribution < 1.29 is 19.1 Å². The fraction of sp³-hybridized carbons (Fsp3) is 0.417. The van der Waals surface area contributed by atoms with Crippen LogP contribution < -0.4 is 0 Å². The van der Waals surface area contributed by atoms with Crippen molar-refractivity contribution in [2.24, 2.45) is 0 Å². The van der Waals surface area contributed by atoms with Gasteiger partial charge in [0, 0.05) is 13.1 Å². The molecule has 1 heterocycles. The maximum absolute atomic E-state index is 12.7. The van der Waals surface area contributed by atoms with Gasteiger partial charge in [-0.25, -0.2) is 9.37 Å². The molecule has 1 rings (SSSR count). The number of likely N-dealkylation sites (N-methyl/N-ethyl adjacent to an activating group) is 1. The van der Waals surface area contributed by atoms with Crippen molar-refractivity contribution in [3.05, 3.63) is 29.8 Å². The lowest BCUT2D eigenvalue weighted by atomic mass is 10.3. The monoisotopic (exact) mass is 269 g/mol. The third-order valence-electron chi connectivity index (χ3n) is 2.38. The molecule has 0 spiro atoms. The molecule has 0 atom stereocenters. The molecule has 19 heavy (non-hydrogen) atoms. The lowest BCUT2D eigenvalue weighted by Gasteiger charge is -2.22. The summed E-state index contributed by atoms with van der Waals surface area (Å²) in [5.74, 6) is -2.17. The van der Waals surface area contributed by atoms with Crippen LogP contribution in [-0.4, -0.2) is 65.5 Å². The van der Waals surface area contributed by atoms with Crippen molar-refractivity contribution in [2.45, 2.75) is 0 Å². The van der Waals surface area contributed by atoms with Gasteiger partial charge in [0.2, 0.25) is 0 Å². The quantitative estimate of drug-likeness (QED) is 0.804. The smallest absolute Gasteiger partial charge is 0.323 e. The molecule has 0 saturated heterocycles. The number of pyridine rings is 1. The number of hydrogen-bond donors (Lipinski definition) is 1. The fourth-order valence-corrected chi connectivity index (χ4v) is 1.40. The van der Waals surface area contributed by atoms with E-state index in [0.29, 0.717) is 6.54 Å². The van der Waals surface area contributed by atoms with Crippen LogP contribution >= 0.6 is 0 Å². The highest BCUT2D eigenvalue weighted by atomic mass is 19.1. The molecule has 1 amide bonds. The Labute approximate surface area is 110 Å². The summed E-state index contributed by atoms with van der Waals surface area (Å²) in [5, 5.41) is 8.80. The second kappa shape index (κ2) is 6.79. The number of carbonyl (C=O) groups excluding carboxylic acids is 1. The standard InChI is InChI=1S/C12H16FN3O3/c1-15(2)5-6-16(8-11(17)18)12(19)10-4-3-9(13)7-14-10/h3-4,7H,5-6,8H2,1-2H3,(H,17,18). The number of carboxylic acids is 1. The number of amides is 1. The molecule has 0 aromatic carbocycles. The summed E-state index contributed by atoms with van der Waals surface area (Å²) < 4.78 is 12.7. The largest absolute Gasteiger partial charge is 0.480 e. The molecule has 0 bridgehead atoms. The SMILES string of the molecule is CN(C)CCN(CC(=O)O)C(=O)c1ccc(F)cn1. The minimum Gasteiger partial charge on any atom is -0.480 e. The Bertz CT molecular complexity index is 448. The summed E-state index contributed by atoms with van der Waals surface area (Å²) >= 11 is 0. The zero-order chi connectivity index (χ0) is 14.4. The molecule has 0 saturated carbocycles. The van der Waals surface area contributed by atoms with Crippen LogP contribution in [-0.2, 0) is 4.79 Å². The number of carbonyl (C=O) groups is 2. The van der Waals surface area contributed by atoms with E-state index in [1.807, 2.05) is 19.0 Å². The number of halogens is 1. The number of carboxylic acid groups (broad SMARTS) is 1. The molecule has 6 nitrogen and oxygen atoms in total. The lowest BCUT2D eigenvalue weighted by molar-refractivity contribution is -0.137. The number of aromatic nitrogens is 1. The van der Waals surface area contributed by atoms with Crippen LogP contribution in [0.15, 0.2) is 18.3 Å². The summed E-state index contributed by atoms with van der Waals surface area (Å²) in [6, 6.07) is 2.35. The Hall–Kier alpha value is -2.02. The van der Waals surface area contributed by atoms with Crippen molar-refractivity contribution in [1.82, 2.24) is 14.8 Å². The first-order chi connectivity index (χ1) is 8.90. The van der Waals surface area contributed by atoms with E-state index in [9.17, 15) is 14.0 Å². The Morgan fingerprint density at radius 2 is 2.00 bits per heavy atom. The second-order valence-corrected chi connectivity index (χ2v) is 4.29. The molecule has 0 fully saturated rings. The maximum Gasteiger partial charge on any atom is 0.323 e. The van der Waals surface area contributed by atoms with Gasteiger partial charge in [-0.2, -0.15) is 0 Å². The molecule has 0 unspecified atom stereocenters. The van der Waals surface area contributed by atoms with Gasteiger partial charge in [0.15, 0.2) is 0 Å². The number of aliphatic carboxylic acids is 1. The van der Waals surface area contributed by atoms with E-state index >= 15 is 0 Å². The van der Waals surface area contributed by atoms with E-state index in [1.165, 1.54) is 11.0 Å². The molecule has 1 aromatic rings. The van der Waals surface area contributed by atoms with Crippen molar-refractivity contribution >= 4 is 11.9 Å². The highest BCUT2D eigenvalue weighted by Gasteiger charge is 2.19. The van der Waals surface area contributed by atoms with Crippen LogP contribution in [0.5, 0.6) is 0 Å². The van der Waals surface area contributed by atoms with E-state index in [0.717, 1.165) is 12.3 Å². The first-order valence-corrected chi connectivity index (χ1v) is 5.67. The van der Waals surface area contributed by atoms with Gasteiger partial charge in [-0.1, -0.05) is 0 Å². The van der Waals surface area contributed by atoms with Crippen LogP contribution in [0.4, 0.5) is 4.39 Å². The predicted octanol–water partition coefficient (Wildman–Crippen LogP) is 0.309. The van der Waals surface area contributed by atoms with Crippen molar-refractivity contribution in [3.8, 4) is 0 Å². The van der Waals surface area contributed by atoms with Crippen LogP contribution in [0.25, 0.3) is 0 Å². The fourth-order valence-electron chi connectivity index (χ4n) is 1.40. The van der Waals surface area contributed by atoms with E-state index < -0.39 is 24.2 Å².